The van der Waals surface area contributed by atoms with Crippen LogP contribution in [-0.2, 0) is 11.3 Å². The van der Waals surface area contributed by atoms with E-state index >= 15 is 0 Å². The number of hydrogen-bond donors (Lipinski definition) is 2. The third-order valence-corrected chi connectivity index (χ3v) is 3.71. The first-order valence-corrected chi connectivity index (χ1v) is 7.17. The fourth-order valence-electron chi connectivity index (χ4n) is 2.53. The van der Waals surface area contributed by atoms with Crippen LogP contribution in [0.3, 0.4) is 0 Å². The van der Waals surface area contributed by atoms with Crippen LogP contribution in [0.25, 0.3) is 11.3 Å². The highest BCUT2D eigenvalue weighted by molar-refractivity contribution is 5.60. The van der Waals surface area contributed by atoms with Crippen LogP contribution < -0.4 is 5.32 Å². The standard InChI is InChI=1S/C15H20N4O/c1-2-4-13(5-3-1)15-14(17-19-18-15)10-16-8-6-12-7-9-20-11-12/h1-5,12,16H,6-11H2,(H,17,18,19). The molecule has 20 heavy (non-hydrogen) atoms. The third-order valence-electron chi connectivity index (χ3n) is 3.71. The average Bonchev–Trinajstić information content (AvgIpc) is 3.16. The van der Waals surface area contributed by atoms with Gasteiger partial charge in [-0.05, 0) is 25.3 Å². The molecule has 1 unspecified atom stereocenters. The number of hydrogen-bond acceptors (Lipinski definition) is 4. The van der Waals surface area contributed by atoms with Crippen LogP contribution >= 0.6 is 0 Å². The fraction of sp³-hybridized carbons (Fsp3) is 0.467. The number of aromatic nitrogens is 3. The molecule has 0 amide bonds. The Morgan fingerprint density at radius 3 is 2.95 bits per heavy atom. The maximum atomic E-state index is 5.38. The number of H-pyrrole nitrogens is 1. The van der Waals surface area contributed by atoms with E-state index in [1.807, 2.05) is 18.2 Å². The van der Waals surface area contributed by atoms with Crippen molar-refractivity contribution in [1.82, 2.24) is 20.7 Å². The minimum Gasteiger partial charge on any atom is -0.381 e. The predicted molar refractivity (Wildman–Crippen MR) is 77.1 cm³/mol. The lowest BCUT2D eigenvalue weighted by Gasteiger charge is -2.08. The summed E-state index contributed by atoms with van der Waals surface area (Å²) in [6, 6.07) is 10.1. The van der Waals surface area contributed by atoms with Crippen molar-refractivity contribution in [2.24, 2.45) is 5.92 Å². The van der Waals surface area contributed by atoms with E-state index in [-0.39, 0.29) is 0 Å². The van der Waals surface area contributed by atoms with Crippen molar-refractivity contribution in [2.45, 2.75) is 19.4 Å². The van der Waals surface area contributed by atoms with Gasteiger partial charge in [-0.25, -0.2) is 0 Å². The number of ether oxygens (including phenoxy) is 1. The summed E-state index contributed by atoms with van der Waals surface area (Å²) in [5.41, 5.74) is 3.00. The topological polar surface area (TPSA) is 62.8 Å². The zero-order valence-electron chi connectivity index (χ0n) is 11.5. The summed E-state index contributed by atoms with van der Waals surface area (Å²) < 4.78 is 5.38. The SMILES string of the molecule is c1ccc(-c2n[nH]nc2CNCCC2CCOC2)cc1. The normalized spacial score (nSPS) is 18.5. The summed E-state index contributed by atoms with van der Waals surface area (Å²) in [4.78, 5) is 0. The minimum atomic E-state index is 0.716. The maximum Gasteiger partial charge on any atom is 0.117 e. The largest absolute Gasteiger partial charge is 0.381 e. The number of aromatic amines is 1. The summed E-state index contributed by atoms with van der Waals surface area (Å²) in [7, 11) is 0. The molecule has 1 aliphatic rings. The average molecular weight is 272 g/mol. The molecule has 2 aromatic rings. The van der Waals surface area contributed by atoms with Crippen LogP contribution in [-0.4, -0.2) is 35.2 Å². The van der Waals surface area contributed by atoms with Crippen molar-refractivity contribution in [3.8, 4) is 11.3 Å². The summed E-state index contributed by atoms with van der Waals surface area (Å²) in [6.45, 7) is 3.58. The Bertz CT molecular complexity index is 520. The Morgan fingerprint density at radius 2 is 2.15 bits per heavy atom. The van der Waals surface area contributed by atoms with Crippen LogP contribution in [0.15, 0.2) is 30.3 Å². The van der Waals surface area contributed by atoms with Crippen molar-refractivity contribution < 1.29 is 4.74 Å². The molecule has 1 aliphatic heterocycles. The molecule has 5 heteroatoms. The van der Waals surface area contributed by atoms with Gasteiger partial charge < -0.3 is 10.1 Å². The van der Waals surface area contributed by atoms with Gasteiger partial charge in [0.05, 0.1) is 0 Å². The zero-order chi connectivity index (χ0) is 13.6. The van der Waals surface area contributed by atoms with Gasteiger partial charge in [-0.15, -0.1) is 0 Å². The van der Waals surface area contributed by atoms with Crippen LogP contribution in [0.4, 0.5) is 0 Å². The Hall–Kier alpha value is -1.72. The molecule has 3 rings (SSSR count). The molecule has 0 radical (unpaired) electrons. The van der Waals surface area contributed by atoms with Gasteiger partial charge in [-0.2, -0.15) is 15.4 Å². The summed E-state index contributed by atoms with van der Waals surface area (Å²) in [5, 5.41) is 14.7. The second kappa shape index (κ2) is 6.63. The van der Waals surface area contributed by atoms with E-state index in [1.165, 1.54) is 12.8 Å². The third kappa shape index (κ3) is 3.23. The number of nitrogens with one attached hydrogen (secondary N) is 2. The molecule has 2 N–H and O–H groups in total. The van der Waals surface area contributed by atoms with Crippen LogP contribution in [0, 0.1) is 5.92 Å². The van der Waals surface area contributed by atoms with Gasteiger partial charge >= 0.3 is 0 Å². The van der Waals surface area contributed by atoms with Gasteiger partial charge in [0.25, 0.3) is 0 Å². The quantitative estimate of drug-likeness (QED) is 0.789. The van der Waals surface area contributed by atoms with Crippen LogP contribution in [0.5, 0.6) is 0 Å². The molecule has 5 nitrogen and oxygen atoms in total. The Balaban J connectivity index is 1.52. The van der Waals surface area contributed by atoms with E-state index in [0.29, 0.717) is 5.92 Å². The van der Waals surface area contributed by atoms with E-state index < -0.39 is 0 Å². The monoisotopic (exact) mass is 272 g/mol. The lowest BCUT2D eigenvalue weighted by Crippen LogP contribution is -2.18. The molecule has 106 valence electrons. The maximum absolute atomic E-state index is 5.38. The Morgan fingerprint density at radius 1 is 1.25 bits per heavy atom. The zero-order valence-corrected chi connectivity index (χ0v) is 11.5. The first-order valence-electron chi connectivity index (χ1n) is 7.17. The summed E-state index contributed by atoms with van der Waals surface area (Å²) >= 11 is 0. The van der Waals surface area contributed by atoms with Gasteiger partial charge in [0.15, 0.2) is 0 Å². The predicted octanol–water partition coefficient (Wildman–Crippen LogP) is 1.99. The van der Waals surface area contributed by atoms with Gasteiger partial charge in [-0.1, -0.05) is 30.3 Å². The molecule has 2 heterocycles. The molecule has 1 aromatic heterocycles. The fourth-order valence-corrected chi connectivity index (χ4v) is 2.53. The minimum absolute atomic E-state index is 0.716. The second-order valence-corrected chi connectivity index (χ2v) is 5.18. The summed E-state index contributed by atoms with van der Waals surface area (Å²) in [6.07, 6.45) is 2.36. The van der Waals surface area contributed by atoms with E-state index in [0.717, 1.165) is 43.3 Å². The number of benzene rings is 1. The van der Waals surface area contributed by atoms with Gasteiger partial charge in [-0.3, -0.25) is 0 Å². The molecule has 0 saturated carbocycles. The van der Waals surface area contributed by atoms with Crippen molar-refractivity contribution in [3.63, 3.8) is 0 Å². The number of rotatable bonds is 6. The molecule has 0 bridgehead atoms. The smallest absolute Gasteiger partial charge is 0.117 e. The van der Waals surface area contributed by atoms with Gasteiger partial charge in [0, 0.05) is 25.3 Å². The van der Waals surface area contributed by atoms with E-state index in [9.17, 15) is 0 Å². The lowest BCUT2D eigenvalue weighted by molar-refractivity contribution is 0.184. The highest BCUT2D eigenvalue weighted by Crippen LogP contribution is 2.19. The first kappa shape index (κ1) is 13.3. The Labute approximate surface area is 118 Å². The second-order valence-electron chi connectivity index (χ2n) is 5.18. The summed E-state index contributed by atoms with van der Waals surface area (Å²) in [5.74, 6) is 0.716. The van der Waals surface area contributed by atoms with Gasteiger partial charge in [0.2, 0.25) is 0 Å². The molecule has 0 aliphatic carbocycles. The van der Waals surface area contributed by atoms with Crippen molar-refractivity contribution in [3.05, 3.63) is 36.0 Å². The highest BCUT2D eigenvalue weighted by atomic mass is 16.5. The molecule has 1 saturated heterocycles. The number of nitrogens with zero attached hydrogens (tertiary/aromatic N) is 2. The molecule has 1 fully saturated rings. The molecule has 1 atom stereocenters. The van der Waals surface area contributed by atoms with E-state index in [4.69, 9.17) is 4.74 Å². The Kier molecular flexibility index (Phi) is 4.40. The molecular weight excluding hydrogens is 252 g/mol. The van der Waals surface area contributed by atoms with E-state index in [2.05, 4.69) is 32.9 Å². The van der Waals surface area contributed by atoms with Crippen LogP contribution in [0.2, 0.25) is 0 Å². The lowest BCUT2D eigenvalue weighted by atomic mass is 10.1. The van der Waals surface area contributed by atoms with Gasteiger partial charge in [0.1, 0.15) is 11.4 Å². The molecular formula is C15H20N4O. The van der Waals surface area contributed by atoms with E-state index in [1.54, 1.807) is 0 Å². The molecule has 1 aromatic carbocycles. The van der Waals surface area contributed by atoms with Crippen molar-refractivity contribution in [2.75, 3.05) is 19.8 Å². The molecule has 0 spiro atoms. The highest BCUT2D eigenvalue weighted by Gasteiger charge is 2.15. The van der Waals surface area contributed by atoms with Crippen molar-refractivity contribution >= 4 is 0 Å². The van der Waals surface area contributed by atoms with Crippen molar-refractivity contribution in [1.29, 1.82) is 0 Å². The first-order chi connectivity index (χ1) is 9.93. The van der Waals surface area contributed by atoms with Crippen LogP contribution in [0.1, 0.15) is 18.5 Å².